The number of nitrogens with one attached hydrogen (secondary N) is 1. The number of hydrogen-bond donors (Lipinski definition) is 1. The summed E-state index contributed by atoms with van der Waals surface area (Å²) < 4.78 is 5.15. The molecule has 5 heteroatoms. The van der Waals surface area contributed by atoms with Crippen molar-refractivity contribution in [3.8, 4) is 5.75 Å². The Morgan fingerprint density at radius 1 is 1.22 bits per heavy atom. The van der Waals surface area contributed by atoms with Crippen LogP contribution in [0.4, 0.5) is 0 Å². The summed E-state index contributed by atoms with van der Waals surface area (Å²) in [4.78, 5) is 14.1. The van der Waals surface area contributed by atoms with Gasteiger partial charge in [-0.15, -0.1) is 0 Å². The predicted octanol–water partition coefficient (Wildman–Crippen LogP) is 2.16. The van der Waals surface area contributed by atoms with Crippen molar-refractivity contribution in [3.05, 3.63) is 65.2 Å². The Kier molecular flexibility index (Phi) is 4.68. The number of benzene rings is 2. The molecule has 0 radical (unpaired) electrons. The minimum Gasteiger partial charge on any atom is -0.497 e. The van der Waals surface area contributed by atoms with Crippen LogP contribution in [0.15, 0.2) is 53.6 Å². The van der Waals surface area contributed by atoms with E-state index in [1.807, 2.05) is 36.4 Å². The number of hydrogen-bond acceptors (Lipinski definition) is 4. The molecule has 3 rings (SSSR count). The van der Waals surface area contributed by atoms with E-state index in [0.717, 1.165) is 24.4 Å². The second-order valence-electron chi connectivity index (χ2n) is 5.48. The van der Waals surface area contributed by atoms with Crippen molar-refractivity contribution < 1.29 is 9.53 Å². The summed E-state index contributed by atoms with van der Waals surface area (Å²) in [6, 6.07) is 15.8. The summed E-state index contributed by atoms with van der Waals surface area (Å²) in [6.45, 7) is 1.95. The average molecular weight is 309 g/mol. The molecule has 0 saturated heterocycles. The Labute approximate surface area is 135 Å². The molecule has 0 bridgehead atoms. The average Bonchev–Trinajstić information content (AvgIpc) is 2.97. The van der Waals surface area contributed by atoms with E-state index in [-0.39, 0.29) is 5.91 Å². The molecule has 1 heterocycles. The highest BCUT2D eigenvalue weighted by Gasteiger charge is 2.19. The highest BCUT2D eigenvalue weighted by atomic mass is 16.5. The quantitative estimate of drug-likeness (QED) is 0.680. The molecular weight excluding hydrogens is 290 g/mol. The van der Waals surface area contributed by atoms with Gasteiger partial charge in [0.15, 0.2) is 0 Å². The van der Waals surface area contributed by atoms with Crippen LogP contribution in [0.1, 0.15) is 16.7 Å². The van der Waals surface area contributed by atoms with Gasteiger partial charge >= 0.3 is 0 Å². The topological polar surface area (TPSA) is 53.9 Å². The first-order valence-electron chi connectivity index (χ1n) is 7.50. The van der Waals surface area contributed by atoms with Crippen molar-refractivity contribution in [1.82, 2.24) is 10.3 Å². The number of hydrazone groups is 1. The Hall–Kier alpha value is -2.66. The van der Waals surface area contributed by atoms with Gasteiger partial charge in [-0.3, -0.25) is 9.69 Å². The molecule has 0 fully saturated rings. The summed E-state index contributed by atoms with van der Waals surface area (Å²) in [5.41, 5.74) is 6.03. The predicted molar refractivity (Wildman–Crippen MR) is 89.3 cm³/mol. The first-order chi connectivity index (χ1) is 11.2. The van der Waals surface area contributed by atoms with E-state index in [4.69, 9.17) is 4.74 Å². The van der Waals surface area contributed by atoms with Crippen molar-refractivity contribution >= 4 is 12.1 Å². The maximum Gasteiger partial charge on any atom is 0.254 e. The van der Waals surface area contributed by atoms with Gasteiger partial charge in [0.1, 0.15) is 5.75 Å². The van der Waals surface area contributed by atoms with Gasteiger partial charge < -0.3 is 4.74 Å². The molecule has 0 saturated carbocycles. The first kappa shape index (κ1) is 15.2. The SMILES string of the molecule is COc1cccc(/C=N\NC(=O)CN2Cc3ccccc3C2)c1. The molecule has 0 atom stereocenters. The molecule has 1 amide bonds. The molecule has 2 aromatic rings. The monoisotopic (exact) mass is 309 g/mol. The van der Waals surface area contributed by atoms with Crippen LogP contribution in [0, 0.1) is 0 Å². The summed E-state index contributed by atoms with van der Waals surface area (Å²) >= 11 is 0. The molecule has 0 spiro atoms. The van der Waals surface area contributed by atoms with E-state index < -0.39 is 0 Å². The largest absolute Gasteiger partial charge is 0.497 e. The van der Waals surface area contributed by atoms with Gasteiger partial charge in [-0.25, -0.2) is 5.43 Å². The molecule has 0 aliphatic carbocycles. The lowest BCUT2D eigenvalue weighted by molar-refractivity contribution is -0.122. The minimum absolute atomic E-state index is 0.114. The van der Waals surface area contributed by atoms with Crippen LogP contribution in [0.5, 0.6) is 5.75 Å². The molecular formula is C18H19N3O2. The number of nitrogens with zero attached hydrogens (tertiary/aromatic N) is 2. The van der Waals surface area contributed by atoms with Crippen LogP contribution < -0.4 is 10.2 Å². The molecule has 0 unspecified atom stereocenters. The fourth-order valence-electron chi connectivity index (χ4n) is 2.65. The third-order valence-electron chi connectivity index (χ3n) is 3.77. The number of ether oxygens (including phenoxy) is 1. The lowest BCUT2D eigenvalue weighted by Crippen LogP contribution is -2.32. The van der Waals surface area contributed by atoms with Gasteiger partial charge in [-0.05, 0) is 28.8 Å². The number of fused-ring (bicyclic) bond motifs is 1. The van der Waals surface area contributed by atoms with Gasteiger partial charge in [0.25, 0.3) is 5.91 Å². The third-order valence-corrected chi connectivity index (χ3v) is 3.77. The van der Waals surface area contributed by atoms with Crippen LogP contribution >= 0.6 is 0 Å². The van der Waals surface area contributed by atoms with Crippen LogP contribution in [-0.4, -0.2) is 30.7 Å². The van der Waals surface area contributed by atoms with Crippen LogP contribution in [0.3, 0.4) is 0 Å². The van der Waals surface area contributed by atoms with E-state index in [0.29, 0.717) is 6.54 Å². The van der Waals surface area contributed by atoms with E-state index in [1.54, 1.807) is 13.3 Å². The molecule has 23 heavy (non-hydrogen) atoms. The van der Waals surface area contributed by atoms with Gasteiger partial charge in [-0.2, -0.15) is 5.10 Å². The molecule has 1 aliphatic rings. The second-order valence-corrected chi connectivity index (χ2v) is 5.48. The van der Waals surface area contributed by atoms with E-state index >= 15 is 0 Å². The van der Waals surface area contributed by atoms with Gasteiger partial charge in [0, 0.05) is 13.1 Å². The molecule has 5 nitrogen and oxygen atoms in total. The number of rotatable bonds is 5. The highest BCUT2D eigenvalue weighted by molar-refractivity contribution is 5.83. The van der Waals surface area contributed by atoms with Crippen LogP contribution in [-0.2, 0) is 17.9 Å². The lowest BCUT2D eigenvalue weighted by Gasteiger charge is -2.12. The van der Waals surface area contributed by atoms with E-state index in [9.17, 15) is 4.79 Å². The van der Waals surface area contributed by atoms with Crippen LogP contribution in [0.25, 0.3) is 0 Å². The number of methoxy groups -OCH3 is 1. The fraction of sp³-hybridized carbons (Fsp3) is 0.222. The first-order valence-corrected chi connectivity index (χ1v) is 7.50. The maximum atomic E-state index is 12.0. The zero-order valence-corrected chi connectivity index (χ0v) is 13.0. The number of carbonyl (C=O) groups excluding carboxylic acids is 1. The fourth-order valence-corrected chi connectivity index (χ4v) is 2.65. The Balaban J connectivity index is 1.49. The summed E-state index contributed by atoms with van der Waals surface area (Å²) in [5.74, 6) is 0.645. The number of amides is 1. The lowest BCUT2D eigenvalue weighted by atomic mass is 10.1. The Morgan fingerprint density at radius 2 is 1.96 bits per heavy atom. The Morgan fingerprint density at radius 3 is 2.65 bits per heavy atom. The van der Waals surface area contributed by atoms with Crippen molar-refractivity contribution in [2.24, 2.45) is 5.10 Å². The smallest absolute Gasteiger partial charge is 0.254 e. The normalized spacial score (nSPS) is 14.0. The molecule has 0 aromatic heterocycles. The van der Waals surface area contributed by atoms with Crippen molar-refractivity contribution in [2.75, 3.05) is 13.7 Å². The molecule has 2 aromatic carbocycles. The third kappa shape index (κ3) is 3.96. The second kappa shape index (κ2) is 7.07. The molecule has 118 valence electrons. The Bertz CT molecular complexity index is 703. The maximum absolute atomic E-state index is 12.0. The molecule has 1 aliphatic heterocycles. The van der Waals surface area contributed by atoms with E-state index in [1.165, 1.54) is 11.1 Å². The van der Waals surface area contributed by atoms with Gasteiger partial charge in [0.05, 0.1) is 19.9 Å². The van der Waals surface area contributed by atoms with Crippen LogP contribution in [0.2, 0.25) is 0 Å². The van der Waals surface area contributed by atoms with Crippen molar-refractivity contribution in [1.29, 1.82) is 0 Å². The standard InChI is InChI=1S/C18H19N3O2/c1-23-17-8-4-5-14(9-17)10-19-20-18(22)13-21-11-15-6-2-3-7-16(15)12-21/h2-10H,11-13H2,1H3,(H,20,22)/b19-10-. The summed E-state index contributed by atoms with van der Waals surface area (Å²) in [6.07, 6.45) is 1.61. The highest BCUT2D eigenvalue weighted by Crippen LogP contribution is 2.21. The zero-order valence-electron chi connectivity index (χ0n) is 13.0. The minimum atomic E-state index is -0.114. The summed E-state index contributed by atoms with van der Waals surface area (Å²) in [7, 11) is 1.62. The van der Waals surface area contributed by atoms with Crippen molar-refractivity contribution in [3.63, 3.8) is 0 Å². The molecule has 1 N–H and O–H groups in total. The zero-order chi connectivity index (χ0) is 16.1. The van der Waals surface area contributed by atoms with Crippen molar-refractivity contribution in [2.45, 2.75) is 13.1 Å². The summed E-state index contributed by atoms with van der Waals surface area (Å²) in [5, 5.41) is 4.00. The van der Waals surface area contributed by atoms with Gasteiger partial charge in [0.2, 0.25) is 0 Å². The number of carbonyl (C=O) groups is 1. The van der Waals surface area contributed by atoms with Gasteiger partial charge in [-0.1, -0.05) is 36.4 Å². The van der Waals surface area contributed by atoms with E-state index in [2.05, 4.69) is 27.6 Å².